The molecule has 0 aromatic rings. The number of likely N-dealkylation sites (tertiary alicyclic amines) is 1. The number of rotatable bonds is 4. The molecule has 0 amide bonds. The molecule has 0 aromatic heterocycles. The van der Waals surface area contributed by atoms with Crippen LogP contribution in [0.3, 0.4) is 0 Å². The number of aliphatic hydroxyl groups is 1. The van der Waals surface area contributed by atoms with Gasteiger partial charge in [-0.1, -0.05) is 6.92 Å². The second-order valence-electron chi connectivity index (χ2n) is 4.66. The highest BCUT2D eigenvalue weighted by molar-refractivity contribution is 5.73. The van der Waals surface area contributed by atoms with Gasteiger partial charge in [-0.25, -0.2) is 0 Å². The summed E-state index contributed by atoms with van der Waals surface area (Å²) in [6.07, 6.45) is 2.09. The molecule has 1 aliphatic rings. The molecule has 15 heavy (non-hydrogen) atoms. The van der Waals surface area contributed by atoms with Crippen LogP contribution in [0, 0.1) is 5.92 Å². The third-order valence-electron chi connectivity index (χ3n) is 3.09. The molecule has 0 aromatic carbocycles. The zero-order chi connectivity index (χ0) is 11.4. The van der Waals surface area contributed by atoms with Crippen LogP contribution in [0.2, 0.25) is 0 Å². The predicted molar refractivity (Wildman–Crippen MR) is 57.7 cm³/mol. The van der Waals surface area contributed by atoms with E-state index in [0.29, 0.717) is 18.9 Å². The van der Waals surface area contributed by atoms with E-state index in [1.807, 2.05) is 4.90 Å². The Bertz CT molecular complexity index is 218. The van der Waals surface area contributed by atoms with Crippen LogP contribution in [0.15, 0.2) is 0 Å². The molecule has 0 bridgehead atoms. The minimum atomic E-state index is -0.729. The molecule has 4 nitrogen and oxygen atoms in total. The fourth-order valence-corrected chi connectivity index (χ4v) is 2.07. The van der Waals surface area contributed by atoms with Crippen LogP contribution in [-0.2, 0) is 4.79 Å². The van der Waals surface area contributed by atoms with E-state index in [1.165, 1.54) is 0 Å². The highest BCUT2D eigenvalue weighted by Crippen LogP contribution is 2.22. The maximum absolute atomic E-state index is 11.1. The number of carboxylic acids is 1. The molecule has 88 valence electrons. The van der Waals surface area contributed by atoms with Gasteiger partial charge in [-0.05, 0) is 38.6 Å². The van der Waals surface area contributed by atoms with Gasteiger partial charge in [0.25, 0.3) is 0 Å². The molecular formula is C11H21NO3. The smallest absolute Gasteiger partial charge is 0.320 e. The molecule has 0 saturated carbocycles. The van der Waals surface area contributed by atoms with Crippen molar-refractivity contribution in [3.63, 3.8) is 0 Å². The van der Waals surface area contributed by atoms with Gasteiger partial charge < -0.3 is 10.2 Å². The lowest BCUT2D eigenvalue weighted by molar-refractivity contribution is -0.145. The molecule has 1 aliphatic heterocycles. The van der Waals surface area contributed by atoms with Crippen molar-refractivity contribution < 1.29 is 15.0 Å². The molecule has 1 fully saturated rings. The monoisotopic (exact) mass is 215 g/mol. The van der Waals surface area contributed by atoms with Crippen molar-refractivity contribution in [1.29, 1.82) is 0 Å². The Kier molecular flexibility index (Phi) is 4.54. The zero-order valence-corrected chi connectivity index (χ0v) is 9.52. The Morgan fingerprint density at radius 3 is 2.80 bits per heavy atom. The van der Waals surface area contributed by atoms with Crippen molar-refractivity contribution >= 4 is 5.97 Å². The summed E-state index contributed by atoms with van der Waals surface area (Å²) in [5, 5.41) is 18.3. The van der Waals surface area contributed by atoms with Gasteiger partial charge in [0.05, 0.1) is 6.10 Å². The van der Waals surface area contributed by atoms with Gasteiger partial charge in [0, 0.05) is 6.54 Å². The van der Waals surface area contributed by atoms with Gasteiger partial charge in [0.1, 0.15) is 6.04 Å². The summed E-state index contributed by atoms with van der Waals surface area (Å²) in [6.45, 7) is 5.36. The average Bonchev–Trinajstić information content (AvgIpc) is 2.15. The SMILES string of the molecule is CC(O)CCN1CCC(C)CC1C(=O)O. The highest BCUT2D eigenvalue weighted by Gasteiger charge is 2.31. The molecule has 1 rings (SSSR count). The van der Waals surface area contributed by atoms with Gasteiger partial charge in [-0.3, -0.25) is 9.69 Å². The van der Waals surface area contributed by atoms with Crippen LogP contribution in [0.1, 0.15) is 33.1 Å². The van der Waals surface area contributed by atoms with Crippen molar-refractivity contribution in [1.82, 2.24) is 4.90 Å². The summed E-state index contributed by atoms with van der Waals surface area (Å²) in [4.78, 5) is 13.0. The Morgan fingerprint density at radius 1 is 1.60 bits per heavy atom. The summed E-state index contributed by atoms with van der Waals surface area (Å²) in [6, 6.07) is -0.354. The molecule has 1 saturated heterocycles. The molecular weight excluding hydrogens is 194 g/mol. The minimum absolute atomic E-state index is 0.348. The summed E-state index contributed by atoms with van der Waals surface area (Å²) in [5.74, 6) is -0.235. The fraction of sp³-hybridized carbons (Fsp3) is 0.909. The van der Waals surface area contributed by atoms with Crippen molar-refractivity contribution in [2.24, 2.45) is 5.92 Å². The number of aliphatic hydroxyl groups excluding tert-OH is 1. The largest absolute Gasteiger partial charge is 0.480 e. The van der Waals surface area contributed by atoms with Crippen LogP contribution in [0.25, 0.3) is 0 Å². The number of piperidine rings is 1. The first-order chi connectivity index (χ1) is 7.00. The van der Waals surface area contributed by atoms with E-state index in [4.69, 9.17) is 5.11 Å². The van der Waals surface area contributed by atoms with E-state index >= 15 is 0 Å². The molecule has 0 spiro atoms. The molecule has 0 radical (unpaired) electrons. The third kappa shape index (κ3) is 3.80. The number of carboxylic acid groups (broad SMARTS) is 1. The number of hydrogen-bond acceptors (Lipinski definition) is 3. The van der Waals surface area contributed by atoms with Crippen LogP contribution >= 0.6 is 0 Å². The van der Waals surface area contributed by atoms with Gasteiger partial charge in [-0.2, -0.15) is 0 Å². The first kappa shape index (κ1) is 12.5. The van der Waals surface area contributed by atoms with E-state index in [-0.39, 0.29) is 12.1 Å². The Morgan fingerprint density at radius 2 is 2.27 bits per heavy atom. The molecule has 3 unspecified atom stereocenters. The number of hydrogen-bond donors (Lipinski definition) is 2. The first-order valence-electron chi connectivity index (χ1n) is 5.65. The summed E-state index contributed by atoms with van der Waals surface area (Å²) in [7, 11) is 0. The Labute approximate surface area is 90.9 Å². The maximum Gasteiger partial charge on any atom is 0.320 e. The van der Waals surface area contributed by atoms with Crippen LogP contribution < -0.4 is 0 Å². The molecule has 1 heterocycles. The van der Waals surface area contributed by atoms with Crippen LogP contribution in [-0.4, -0.2) is 46.3 Å². The Hall–Kier alpha value is -0.610. The zero-order valence-electron chi connectivity index (χ0n) is 9.52. The number of carbonyl (C=O) groups is 1. The standard InChI is InChI=1S/C11H21NO3/c1-8-3-5-12(6-4-9(2)13)10(7-8)11(14)15/h8-10,13H,3-7H2,1-2H3,(H,14,15). The highest BCUT2D eigenvalue weighted by atomic mass is 16.4. The van der Waals surface area contributed by atoms with E-state index in [0.717, 1.165) is 19.4 Å². The quantitative estimate of drug-likeness (QED) is 0.732. The first-order valence-corrected chi connectivity index (χ1v) is 5.65. The van der Waals surface area contributed by atoms with Gasteiger partial charge >= 0.3 is 5.97 Å². The van der Waals surface area contributed by atoms with Crippen molar-refractivity contribution in [3.8, 4) is 0 Å². The molecule has 2 N–H and O–H groups in total. The predicted octanol–water partition coefficient (Wildman–Crippen LogP) is 0.942. The van der Waals surface area contributed by atoms with Crippen LogP contribution in [0.4, 0.5) is 0 Å². The molecule has 4 heteroatoms. The Balaban J connectivity index is 2.49. The van der Waals surface area contributed by atoms with E-state index in [2.05, 4.69) is 6.92 Å². The lowest BCUT2D eigenvalue weighted by Gasteiger charge is -2.36. The fourth-order valence-electron chi connectivity index (χ4n) is 2.07. The summed E-state index contributed by atoms with van der Waals surface area (Å²) in [5.41, 5.74) is 0. The van der Waals surface area contributed by atoms with Gasteiger partial charge in [0.2, 0.25) is 0 Å². The summed E-state index contributed by atoms with van der Waals surface area (Å²) >= 11 is 0. The van der Waals surface area contributed by atoms with Gasteiger partial charge in [0.15, 0.2) is 0 Å². The van der Waals surface area contributed by atoms with Crippen molar-refractivity contribution in [2.45, 2.75) is 45.3 Å². The minimum Gasteiger partial charge on any atom is -0.480 e. The number of nitrogens with zero attached hydrogens (tertiary/aromatic N) is 1. The second kappa shape index (κ2) is 5.47. The van der Waals surface area contributed by atoms with Gasteiger partial charge in [-0.15, -0.1) is 0 Å². The lowest BCUT2D eigenvalue weighted by atomic mass is 9.92. The molecule has 0 aliphatic carbocycles. The topological polar surface area (TPSA) is 60.8 Å². The summed E-state index contributed by atoms with van der Waals surface area (Å²) < 4.78 is 0. The van der Waals surface area contributed by atoms with Crippen molar-refractivity contribution in [2.75, 3.05) is 13.1 Å². The normalized spacial score (nSPS) is 30.1. The maximum atomic E-state index is 11.1. The average molecular weight is 215 g/mol. The molecule has 3 atom stereocenters. The lowest BCUT2D eigenvalue weighted by Crippen LogP contribution is -2.47. The van der Waals surface area contributed by atoms with E-state index in [9.17, 15) is 9.90 Å². The van der Waals surface area contributed by atoms with Crippen molar-refractivity contribution in [3.05, 3.63) is 0 Å². The van der Waals surface area contributed by atoms with E-state index < -0.39 is 5.97 Å². The van der Waals surface area contributed by atoms with Crippen LogP contribution in [0.5, 0.6) is 0 Å². The second-order valence-corrected chi connectivity index (χ2v) is 4.66. The number of aliphatic carboxylic acids is 1. The van der Waals surface area contributed by atoms with E-state index in [1.54, 1.807) is 6.92 Å². The third-order valence-corrected chi connectivity index (χ3v) is 3.09.